The molecule has 8 N–H and O–H groups in total. The van der Waals surface area contributed by atoms with Crippen LogP contribution in [0.2, 0.25) is 0 Å². The first-order valence-electron chi connectivity index (χ1n) is 13.5. The van der Waals surface area contributed by atoms with Crippen LogP contribution >= 0.6 is 0 Å². The van der Waals surface area contributed by atoms with Gasteiger partial charge in [-0.15, -0.1) is 0 Å². The number of carbonyl (C=O) groups is 8. The summed E-state index contributed by atoms with van der Waals surface area (Å²) in [6.45, 7) is -3.78. The maximum Gasteiger partial charge on any atom is 0.322 e. The van der Waals surface area contributed by atoms with E-state index >= 15 is 0 Å². The second-order valence-electron chi connectivity index (χ2n) is 9.39. The summed E-state index contributed by atoms with van der Waals surface area (Å²) in [5.41, 5.74) is -1.18. The Kier molecular flexibility index (Phi) is 24.6. The van der Waals surface area contributed by atoms with Gasteiger partial charge in [-0.2, -0.15) is 0 Å². The quantitative estimate of drug-likeness (QED) is 0.0386. The number of carbonyl (C=O) groups excluding carboxylic acids is 4. The zero-order chi connectivity index (χ0) is 34.1. The molecule has 0 bridgehead atoms. The second kappa shape index (κ2) is 25.9. The SMILES string of the molecule is C.O=C(O)CNC(=O)CCOCC(COCCC(=O)NCC(=O)O)(COCCC(=O)NCC(=O)O)COCCC(=O)NCC(=O)O. The van der Waals surface area contributed by atoms with E-state index in [1.807, 2.05) is 0 Å². The van der Waals surface area contributed by atoms with E-state index < -0.39 is 79.1 Å². The smallest absolute Gasteiger partial charge is 0.322 e. The average Bonchev–Trinajstić information content (AvgIpc) is 2.97. The van der Waals surface area contributed by atoms with Gasteiger partial charge in [0.25, 0.3) is 0 Å². The van der Waals surface area contributed by atoms with E-state index in [0.29, 0.717) is 0 Å². The molecular weight excluding hydrogens is 624 g/mol. The van der Waals surface area contributed by atoms with Crippen molar-refractivity contribution in [3.05, 3.63) is 0 Å². The van der Waals surface area contributed by atoms with Crippen LogP contribution in [-0.4, -0.2) is 147 Å². The highest BCUT2D eigenvalue weighted by molar-refractivity contribution is 5.82. The average molecular weight is 669 g/mol. The molecule has 0 radical (unpaired) electrons. The van der Waals surface area contributed by atoms with Crippen LogP contribution in [0.3, 0.4) is 0 Å². The predicted molar refractivity (Wildman–Crippen MR) is 153 cm³/mol. The van der Waals surface area contributed by atoms with E-state index in [9.17, 15) is 38.4 Å². The number of rotatable bonds is 28. The zero-order valence-electron chi connectivity index (χ0n) is 24.5. The molecule has 0 unspecified atom stereocenters. The summed E-state index contributed by atoms with van der Waals surface area (Å²) in [6, 6.07) is 0. The fraction of sp³-hybridized carbons (Fsp3) is 0.692. The van der Waals surface area contributed by atoms with Crippen LogP contribution in [0, 0.1) is 5.41 Å². The molecule has 20 nitrogen and oxygen atoms in total. The van der Waals surface area contributed by atoms with Gasteiger partial charge in [0.15, 0.2) is 0 Å². The third-order valence-electron chi connectivity index (χ3n) is 5.27. The lowest BCUT2D eigenvalue weighted by molar-refractivity contribution is -0.139. The van der Waals surface area contributed by atoms with Crippen molar-refractivity contribution in [1.82, 2.24) is 21.3 Å². The van der Waals surface area contributed by atoms with Gasteiger partial charge in [0, 0.05) is 25.7 Å². The minimum atomic E-state index is -1.24. The molecule has 0 aromatic heterocycles. The number of aliphatic carboxylic acids is 4. The van der Waals surface area contributed by atoms with Gasteiger partial charge in [-0.05, 0) is 0 Å². The van der Waals surface area contributed by atoms with Gasteiger partial charge in [-0.25, -0.2) is 0 Å². The van der Waals surface area contributed by atoms with E-state index in [4.69, 9.17) is 39.4 Å². The number of ether oxygens (including phenoxy) is 4. The van der Waals surface area contributed by atoms with Gasteiger partial charge in [0.2, 0.25) is 23.6 Å². The maximum atomic E-state index is 11.8. The first kappa shape index (κ1) is 43.7. The van der Waals surface area contributed by atoms with Crippen molar-refractivity contribution in [2.24, 2.45) is 5.41 Å². The summed E-state index contributed by atoms with van der Waals surface area (Å²) in [5.74, 6) is -7.34. The summed E-state index contributed by atoms with van der Waals surface area (Å²) in [5, 5.41) is 43.4. The molecule has 0 atom stereocenters. The summed E-state index contributed by atoms with van der Waals surface area (Å²) < 4.78 is 22.5. The van der Waals surface area contributed by atoms with Crippen LogP contribution in [0.4, 0.5) is 0 Å². The minimum absolute atomic E-state index is 0. The van der Waals surface area contributed by atoms with Crippen molar-refractivity contribution in [3.63, 3.8) is 0 Å². The highest BCUT2D eigenvalue weighted by Gasteiger charge is 2.33. The fourth-order valence-electron chi connectivity index (χ4n) is 3.11. The maximum absolute atomic E-state index is 11.8. The number of carboxylic acids is 4. The van der Waals surface area contributed by atoms with Crippen molar-refractivity contribution in [1.29, 1.82) is 0 Å². The molecule has 4 amide bonds. The molecule has 0 aliphatic carbocycles. The Labute approximate surface area is 264 Å². The van der Waals surface area contributed by atoms with Crippen molar-refractivity contribution in [2.45, 2.75) is 33.1 Å². The largest absolute Gasteiger partial charge is 0.480 e. The van der Waals surface area contributed by atoms with Gasteiger partial charge in [-0.3, -0.25) is 38.4 Å². The highest BCUT2D eigenvalue weighted by Crippen LogP contribution is 2.21. The van der Waals surface area contributed by atoms with E-state index in [0.717, 1.165) is 0 Å². The first-order chi connectivity index (χ1) is 21.2. The highest BCUT2D eigenvalue weighted by atomic mass is 16.5. The Morgan fingerprint density at radius 1 is 0.413 bits per heavy atom. The zero-order valence-corrected chi connectivity index (χ0v) is 24.5. The second-order valence-corrected chi connectivity index (χ2v) is 9.39. The molecule has 0 heterocycles. The van der Waals surface area contributed by atoms with Crippen LogP contribution < -0.4 is 21.3 Å². The van der Waals surface area contributed by atoms with Crippen molar-refractivity contribution in [3.8, 4) is 0 Å². The number of hydrogen-bond acceptors (Lipinski definition) is 12. The summed E-state index contributed by atoms with van der Waals surface area (Å²) in [6.07, 6.45) is -0.821. The summed E-state index contributed by atoms with van der Waals surface area (Å²) >= 11 is 0. The summed E-state index contributed by atoms with van der Waals surface area (Å²) in [4.78, 5) is 89.8. The monoisotopic (exact) mass is 668 g/mol. The normalized spacial score (nSPS) is 10.6. The number of amides is 4. The lowest BCUT2D eigenvalue weighted by Gasteiger charge is -2.33. The molecule has 0 saturated carbocycles. The van der Waals surface area contributed by atoms with Crippen LogP contribution in [-0.2, 0) is 57.3 Å². The molecule has 0 aliphatic heterocycles. The summed E-state index contributed by atoms with van der Waals surface area (Å²) in [7, 11) is 0. The Balaban J connectivity index is 0. The van der Waals surface area contributed by atoms with Gasteiger partial charge in [-0.1, -0.05) is 7.43 Å². The molecule has 0 fully saturated rings. The van der Waals surface area contributed by atoms with E-state index in [1.54, 1.807) is 0 Å². The molecule has 0 saturated heterocycles. The first-order valence-corrected chi connectivity index (χ1v) is 13.5. The van der Waals surface area contributed by atoms with Gasteiger partial charge < -0.3 is 60.6 Å². The third-order valence-corrected chi connectivity index (χ3v) is 5.27. The van der Waals surface area contributed by atoms with E-state index in [2.05, 4.69) is 21.3 Å². The van der Waals surface area contributed by atoms with Crippen LogP contribution in [0.1, 0.15) is 33.1 Å². The number of hydrogen-bond donors (Lipinski definition) is 8. The lowest BCUT2D eigenvalue weighted by Crippen LogP contribution is -2.43. The standard InChI is InChI=1S/C25H40N4O16.CH4/c30-17(26-9-21(34)35)1-5-42-13-25(14-43-6-2-18(31)27-10-22(36)37,15-44-7-3-19(32)28-11-23(38)39)16-45-8-4-20(33)29-12-24(40)41;/h1-16H2,(H,26,30)(H,27,31)(H,28,32)(H,29,33)(H,34,35)(H,36,37)(H,38,39)(H,40,41);1H4. The lowest BCUT2D eigenvalue weighted by atomic mass is 9.92. The fourth-order valence-corrected chi connectivity index (χ4v) is 3.11. The van der Waals surface area contributed by atoms with Gasteiger partial charge in [0.1, 0.15) is 26.2 Å². The molecule has 0 aromatic rings. The van der Waals surface area contributed by atoms with E-state index in [-0.39, 0.29) is 86.0 Å². The number of carboxylic acid groups (broad SMARTS) is 4. The molecule has 264 valence electrons. The molecule has 0 spiro atoms. The van der Waals surface area contributed by atoms with Gasteiger partial charge in [0.05, 0.1) is 58.3 Å². The van der Waals surface area contributed by atoms with Crippen molar-refractivity contribution in [2.75, 3.05) is 79.0 Å². The van der Waals surface area contributed by atoms with Crippen molar-refractivity contribution < 1.29 is 77.7 Å². The molecule has 0 rings (SSSR count). The Hall–Kier alpha value is -4.40. The molecule has 20 heteroatoms. The minimum Gasteiger partial charge on any atom is -0.480 e. The Morgan fingerprint density at radius 3 is 0.783 bits per heavy atom. The Morgan fingerprint density at radius 2 is 0.609 bits per heavy atom. The molecule has 0 aromatic carbocycles. The topological polar surface area (TPSA) is 303 Å². The van der Waals surface area contributed by atoms with Crippen LogP contribution in [0.5, 0.6) is 0 Å². The Bertz CT molecular complexity index is 849. The third kappa shape index (κ3) is 26.0. The predicted octanol–water partition coefficient (Wildman–Crippen LogP) is -2.96. The molecular formula is C26H44N4O16. The van der Waals surface area contributed by atoms with Crippen LogP contribution in [0.25, 0.3) is 0 Å². The molecule has 46 heavy (non-hydrogen) atoms. The number of nitrogens with one attached hydrogen (secondary N) is 4. The van der Waals surface area contributed by atoms with E-state index in [1.165, 1.54) is 0 Å². The van der Waals surface area contributed by atoms with Gasteiger partial charge >= 0.3 is 23.9 Å². The van der Waals surface area contributed by atoms with Crippen molar-refractivity contribution >= 4 is 47.5 Å². The molecule has 0 aliphatic rings. The van der Waals surface area contributed by atoms with Crippen LogP contribution in [0.15, 0.2) is 0 Å².